The van der Waals surface area contributed by atoms with Gasteiger partial charge in [0.2, 0.25) is 5.91 Å². The highest BCUT2D eigenvalue weighted by molar-refractivity contribution is 5.92. The summed E-state index contributed by atoms with van der Waals surface area (Å²) >= 11 is 0. The van der Waals surface area contributed by atoms with Crippen molar-refractivity contribution in [3.8, 4) is 0 Å². The molecular formula is C11H16N4O. The van der Waals surface area contributed by atoms with Gasteiger partial charge < -0.3 is 10.6 Å². The summed E-state index contributed by atoms with van der Waals surface area (Å²) in [5, 5.41) is 6.17. The van der Waals surface area contributed by atoms with E-state index in [0.717, 1.165) is 19.4 Å². The van der Waals surface area contributed by atoms with Crippen LogP contribution >= 0.6 is 0 Å². The van der Waals surface area contributed by atoms with Gasteiger partial charge in [0.1, 0.15) is 6.33 Å². The van der Waals surface area contributed by atoms with Crippen molar-refractivity contribution in [2.75, 3.05) is 11.9 Å². The Morgan fingerprint density at radius 3 is 2.94 bits per heavy atom. The van der Waals surface area contributed by atoms with Crippen LogP contribution in [0.2, 0.25) is 0 Å². The minimum atomic E-state index is 0.0724. The summed E-state index contributed by atoms with van der Waals surface area (Å²) in [5.74, 6) is 0.166. The van der Waals surface area contributed by atoms with E-state index < -0.39 is 0 Å². The van der Waals surface area contributed by atoms with Gasteiger partial charge in [0.05, 0.1) is 18.1 Å². The van der Waals surface area contributed by atoms with E-state index in [4.69, 9.17) is 0 Å². The van der Waals surface area contributed by atoms with Gasteiger partial charge in [0.25, 0.3) is 0 Å². The molecule has 1 aromatic rings. The van der Waals surface area contributed by atoms with Gasteiger partial charge in [-0.25, -0.2) is 9.97 Å². The number of amides is 1. The molecular weight excluding hydrogens is 204 g/mol. The van der Waals surface area contributed by atoms with Crippen LogP contribution in [0.15, 0.2) is 18.7 Å². The van der Waals surface area contributed by atoms with E-state index >= 15 is 0 Å². The van der Waals surface area contributed by atoms with Crippen molar-refractivity contribution in [3.63, 3.8) is 0 Å². The molecule has 1 saturated heterocycles. The number of hydrogen-bond donors (Lipinski definition) is 2. The zero-order chi connectivity index (χ0) is 11.4. The van der Waals surface area contributed by atoms with Crippen LogP contribution < -0.4 is 10.6 Å². The number of nitrogens with one attached hydrogen (secondary N) is 2. The lowest BCUT2D eigenvalue weighted by Crippen LogP contribution is -2.40. The maximum atomic E-state index is 11.9. The number of aromatic nitrogens is 2. The Morgan fingerprint density at radius 1 is 1.50 bits per heavy atom. The molecule has 2 rings (SSSR count). The number of rotatable bonds is 2. The molecule has 2 atom stereocenters. The second-order valence-electron chi connectivity index (χ2n) is 4.19. The molecule has 2 N–H and O–H groups in total. The molecule has 1 aromatic heterocycles. The first kappa shape index (κ1) is 11.0. The summed E-state index contributed by atoms with van der Waals surface area (Å²) in [6, 6.07) is 0.413. The lowest BCUT2D eigenvalue weighted by Gasteiger charge is -2.26. The minimum absolute atomic E-state index is 0.0724. The molecule has 2 heterocycles. The van der Waals surface area contributed by atoms with Gasteiger partial charge in [-0.3, -0.25) is 4.79 Å². The summed E-state index contributed by atoms with van der Waals surface area (Å²) in [4.78, 5) is 19.6. The third-order valence-corrected chi connectivity index (χ3v) is 2.82. The Bertz CT molecular complexity index is 354. The highest BCUT2D eigenvalue weighted by atomic mass is 16.1. The number of piperidine rings is 1. The van der Waals surface area contributed by atoms with Gasteiger partial charge >= 0.3 is 0 Å². The molecule has 1 aliphatic rings. The fourth-order valence-electron chi connectivity index (χ4n) is 1.98. The molecule has 1 fully saturated rings. The van der Waals surface area contributed by atoms with Gasteiger partial charge in [-0.1, -0.05) is 0 Å². The quantitative estimate of drug-likeness (QED) is 0.773. The monoisotopic (exact) mass is 220 g/mol. The predicted octanol–water partition coefficient (Wildman–Crippen LogP) is 0.803. The Balaban J connectivity index is 1.93. The summed E-state index contributed by atoms with van der Waals surface area (Å²) < 4.78 is 0. The topological polar surface area (TPSA) is 66.9 Å². The third-order valence-electron chi connectivity index (χ3n) is 2.82. The van der Waals surface area contributed by atoms with Crippen molar-refractivity contribution in [1.29, 1.82) is 0 Å². The van der Waals surface area contributed by atoms with E-state index in [2.05, 4.69) is 27.5 Å². The Labute approximate surface area is 94.7 Å². The minimum Gasteiger partial charge on any atom is -0.323 e. The molecule has 0 aliphatic carbocycles. The molecule has 1 aliphatic heterocycles. The molecule has 16 heavy (non-hydrogen) atoms. The Kier molecular flexibility index (Phi) is 3.46. The standard InChI is InChI=1S/C11H16N4O/c1-8-4-9(2-3-14-8)11(16)15-10-5-12-7-13-6-10/h5-9,14H,2-4H2,1H3,(H,15,16). The normalized spacial score (nSPS) is 25.1. The molecule has 5 heteroatoms. The van der Waals surface area contributed by atoms with Crippen molar-refractivity contribution in [2.45, 2.75) is 25.8 Å². The number of carbonyl (C=O) groups is 1. The highest BCUT2D eigenvalue weighted by Gasteiger charge is 2.24. The fourth-order valence-corrected chi connectivity index (χ4v) is 1.98. The van der Waals surface area contributed by atoms with Crippen LogP contribution in [0.25, 0.3) is 0 Å². The molecule has 0 aromatic carbocycles. The second kappa shape index (κ2) is 5.03. The van der Waals surface area contributed by atoms with Crippen LogP contribution in [0, 0.1) is 5.92 Å². The molecule has 86 valence electrons. The number of carbonyl (C=O) groups excluding carboxylic acids is 1. The fraction of sp³-hybridized carbons (Fsp3) is 0.545. The predicted molar refractivity (Wildman–Crippen MR) is 60.9 cm³/mol. The van der Waals surface area contributed by atoms with Crippen LogP contribution in [-0.2, 0) is 4.79 Å². The lowest BCUT2D eigenvalue weighted by atomic mass is 9.92. The van der Waals surface area contributed by atoms with Crippen molar-refractivity contribution < 1.29 is 4.79 Å². The summed E-state index contributed by atoms with van der Waals surface area (Å²) in [6.45, 7) is 3.01. The molecule has 0 radical (unpaired) electrons. The molecule has 0 spiro atoms. The first-order chi connectivity index (χ1) is 7.75. The van der Waals surface area contributed by atoms with Crippen molar-refractivity contribution in [3.05, 3.63) is 18.7 Å². The maximum Gasteiger partial charge on any atom is 0.227 e. The van der Waals surface area contributed by atoms with E-state index in [0.29, 0.717) is 11.7 Å². The van der Waals surface area contributed by atoms with Crippen LogP contribution in [0.5, 0.6) is 0 Å². The number of nitrogens with zero attached hydrogens (tertiary/aromatic N) is 2. The van der Waals surface area contributed by atoms with Crippen LogP contribution in [0.3, 0.4) is 0 Å². The third kappa shape index (κ3) is 2.76. The summed E-state index contributed by atoms with van der Waals surface area (Å²) in [6.07, 6.45) is 6.44. The maximum absolute atomic E-state index is 11.9. The Hall–Kier alpha value is -1.49. The van der Waals surface area contributed by atoms with E-state index in [1.54, 1.807) is 12.4 Å². The van der Waals surface area contributed by atoms with Crippen LogP contribution in [0.4, 0.5) is 5.69 Å². The zero-order valence-electron chi connectivity index (χ0n) is 9.31. The van der Waals surface area contributed by atoms with Gasteiger partial charge in [0.15, 0.2) is 0 Å². The summed E-state index contributed by atoms with van der Waals surface area (Å²) in [7, 11) is 0. The van der Waals surface area contributed by atoms with E-state index in [1.807, 2.05) is 0 Å². The van der Waals surface area contributed by atoms with Gasteiger partial charge in [-0.2, -0.15) is 0 Å². The molecule has 5 nitrogen and oxygen atoms in total. The van der Waals surface area contributed by atoms with Gasteiger partial charge in [0, 0.05) is 12.0 Å². The van der Waals surface area contributed by atoms with E-state index in [1.165, 1.54) is 6.33 Å². The number of anilines is 1. The Morgan fingerprint density at radius 2 is 2.25 bits per heavy atom. The van der Waals surface area contributed by atoms with E-state index in [-0.39, 0.29) is 11.8 Å². The largest absolute Gasteiger partial charge is 0.323 e. The SMILES string of the molecule is CC1CC(C(=O)Nc2cncnc2)CCN1. The first-order valence-corrected chi connectivity index (χ1v) is 5.55. The average molecular weight is 220 g/mol. The van der Waals surface area contributed by atoms with Crippen molar-refractivity contribution in [1.82, 2.24) is 15.3 Å². The van der Waals surface area contributed by atoms with Gasteiger partial charge in [-0.05, 0) is 26.3 Å². The second-order valence-corrected chi connectivity index (χ2v) is 4.19. The van der Waals surface area contributed by atoms with Crippen molar-refractivity contribution >= 4 is 11.6 Å². The molecule has 0 bridgehead atoms. The highest BCUT2D eigenvalue weighted by Crippen LogP contribution is 2.17. The van der Waals surface area contributed by atoms with Crippen LogP contribution in [0.1, 0.15) is 19.8 Å². The number of hydrogen-bond acceptors (Lipinski definition) is 4. The molecule has 2 unspecified atom stereocenters. The molecule has 0 saturated carbocycles. The van der Waals surface area contributed by atoms with Crippen molar-refractivity contribution in [2.24, 2.45) is 5.92 Å². The van der Waals surface area contributed by atoms with Crippen LogP contribution in [-0.4, -0.2) is 28.5 Å². The molecule has 1 amide bonds. The zero-order valence-corrected chi connectivity index (χ0v) is 9.31. The average Bonchev–Trinajstić information content (AvgIpc) is 2.30. The lowest BCUT2D eigenvalue weighted by molar-refractivity contribution is -0.120. The smallest absolute Gasteiger partial charge is 0.227 e. The van der Waals surface area contributed by atoms with E-state index in [9.17, 15) is 4.79 Å². The summed E-state index contributed by atoms with van der Waals surface area (Å²) in [5.41, 5.74) is 0.665. The first-order valence-electron chi connectivity index (χ1n) is 5.55. The van der Waals surface area contributed by atoms with Gasteiger partial charge in [-0.15, -0.1) is 0 Å².